The Labute approximate surface area is 128 Å². The molecule has 7 nitrogen and oxygen atoms in total. The maximum absolute atomic E-state index is 8.64. The second-order valence-electron chi connectivity index (χ2n) is 4.22. The van der Waals surface area contributed by atoms with Gasteiger partial charge >= 0.3 is 0 Å². The Morgan fingerprint density at radius 2 is 1.73 bits per heavy atom. The van der Waals surface area contributed by atoms with Crippen LogP contribution in [0.5, 0.6) is 17.2 Å². The van der Waals surface area contributed by atoms with Gasteiger partial charge in [0, 0.05) is 18.2 Å². The lowest BCUT2D eigenvalue weighted by atomic mass is 10.3. The first-order chi connectivity index (χ1) is 10.7. The van der Waals surface area contributed by atoms with Crippen molar-refractivity contribution in [3.63, 3.8) is 0 Å². The van der Waals surface area contributed by atoms with Crippen molar-refractivity contribution in [2.24, 2.45) is 0 Å². The first-order valence-electron chi connectivity index (χ1n) is 6.57. The van der Waals surface area contributed by atoms with Gasteiger partial charge in [-0.2, -0.15) is 5.26 Å². The Morgan fingerprint density at radius 3 is 2.27 bits per heavy atom. The van der Waals surface area contributed by atoms with Gasteiger partial charge in [-0.25, -0.2) is 9.97 Å². The highest BCUT2D eigenvalue weighted by atomic mass is 16.5. The molecule has 0 spiro atoms. The van der Waals surface area contributed by atoms with Crippen molar-refractivity contribution < 1.29 is 14.2 Å². The number of anilines is 1. The lowest BCUT2D eigenvalue weighted by Crippen LogP contribution is -2.12. The van der Waals surface area contributed by atoms with E-state index in [1.165, 1.54) is 12.4 Å². The minimum atomic E-state index is 0.283. The van der Waals surface area contributed by atoms with Crippen molar-refractivity contribution in [3.05, 3.63) is 36.3 Å². The minimum Gasteiger partial charge on any atom is -0.496 e. The summed E-state index contributed by atoms with van der Waals surface area (Å²) >= 11 is 0. The molecular formula is C15H16N4O3. The van der Waals surface area contributed by atoms with Gasteiger partial charge in [-0.3, -0.25) is 0 Å². The maximum Gasteiger partial charge on any atom is 0.158 e. The zero-order valence-corrected chi connectivity index (χ0v) is 12.4. The molecule has 0 saturated heterocycles. The Morgan fingerprint density at radius 1 is 1.05 bits per heavy atom. The number of nitrogens with zero attached hydrogens (tertiary/aromatic N) is 3. The number of ether oxygens (including phenoxy) is 3. The predicted molar refractivity (Wildman–Crippen MR) is 80.3 cm³/mol. The van der Waals surface area contributed by atoms with Crippen molar-refractivity contribution in [1.82, 2.24) is 9.97 Å². The first-order valence-corrected chi connectivity index (χ1v) is 6.57. The summed E-state index contributed by atoms with van der Waals surface area (Å²) < 4.78 is 16.0. The number of hydrogen-bond acceptors (Lipinski definition) is 7. The Bertz CT molecular complexity index is 631. The van der Waals surface area contributed by atoms with Crippen LogP contribution in [0.15, 0.2) is 30.6 Å². The lowest BCUT2D eigenvalue weighted by Gasteiger charge is -2.11. The van der Waals surface area contributed by atoms with Crippen molar-refractivity contribution >= 4 is 5.82 Å². The number of nitriles is 1. The van der Waals surface area contributed by atoms with Crippen LogP contribution in [0.1, 0.15) is 5.69 Å². The molecule has 22 heavy (non-hydrogen) atoms. The number of nitrogens with one attached hydrogen (secondary N) is 1. The molecule has 1 aromatic heterocycles. The Balaban J connectivity index is 1.84. The number of benzene rings is 1. The second-order valence-corrected chi connectivity index (χ2v) is 4.22. The summed E-state index contributed by atoms with van der Waals surface area (Å²) in [6.45, 7) is 0.970. The van der Waals surface area contributed by atoms with E-state index in [-0.39, 0.29) is 5.69 Å². The quantitative estimate of drug-likeness (QED) is 0.780. The van der Waals surface area contributed by atoms with Crippen LogP contribution in [0.2, 0.25) is 0 Å². The van der Waals surface area contributed by atoms with Gasteiger partial charge in [0.25, 0.3) is 0 Å². The molecule has 1 N–H and O–H groups in total. The van der Waals surface area contributed by atoms with E-state index in [2.05, 4.69) is 15.3 Å². The normalized spacial score (nSPS) is 9.68. The van der Waals surface area contributed by atoms with Crippen LogP contribution in [-0.4, -0.2) is 37.3 Å². The average Bonchev–Trinajstić information content (AvgIpc) is 2.58. The van der Waals surface area contributed by atoms with Crippen LogP contribution < -0.4 is 19.5 Å². The van der Waals surface area contributed by atoms with Gasteiger partial charge in [-0.15, -0.1) is 0 Å². The molecular weight excluding hydrogens is 284 g/mol. The minimum absolute atomic E-state index is 0.283. The lowest BCUT2D eigenvalue weighted by molar-refractivity contribution is 0.324. The molecule has 0 aliphatic carbocycles. The second kappa shape index (κ2) is 7.69. The van der Waals surface area contributed by atoms with E-state index in [0.717, 1.165) is 0 Å². The average molecular weight is 300 g/mol. The Hall–Kier alpha value is -3.01. The molecule has 0 fully saturated rings. The fourth-order valence-electron chi connectivity index (χ4n) is 1.69. The molecule has 0 amide bonds. The molecule has 0 radical (unpaired) electrons. The summed E-state index contributed by atoms with van der Waals surface area (Å²) in [7, 11) is 3.17. The highest BCUT2D eigenvalue weighted by Gasteiger charge is 2.03. The summed E-state index contributed by atoms with van der Waals surface area (Å²) in [5.74, 6) is 2.58. The number of methoxy groups -OCH3 is 2. The fraction of sp³-hybridized carbons (Fsp3) is 0.267. The molecule has 0 aliphatic rings. The topological polar surface area (TPSA) is 89.3 Å². The molecule has 0 unspecified atom stereocenters. The van der Waals surface area contributed by atoms with Gasteiger partial charge < -0.3 is 19.5 Å². The van der Waals surface area contributed by atoms with E-state index in [1.54, 1.807) is 32.4 Å². The fourth-order valence-corrected chi connectivity index (χ4v) is 1.69. The molecule has 0 atom stereocenters. The van der Waals surface area contributed by atoms with Crippen LogP contribution >= 0.6 is 0 Å². The summed E-state index contributed by atoms with van der Waals surface area (Å²) in [5.41, 5.74) is 0.283. The summed E-state index contributed by atoms with van der Waals surface area (Å²) in [6.07, 6.45) is 2.92. The summed E-state index contributed by atoms with van der Waals surface area (Å²) in [4.78, 5) is 7.98. The zero-order valence-electron chi connectivity index (χ0n) is 12.4. The van der Waals surface area contributed by atoms with Crippen LogP contribution in [0.25, 0.3) is 0 Å². The van der Waals surface area contributed by atoms with Gasteiger partial charge in [0.2, 0.25) is 0 Å². The Kier molecular flexibility index (Phi) is 5.37. The number of hydrogen-bond donors (Lipinski definition) is 1. The summed E-state index contributed by atoms with van der Waals surface area (Å²) in [6, 6.07) is 7.25. The van der Waals surface area contributed by atoms with Gasteiger partial charge in [-0.05, 0) is 0 Å². The molecule has 2 aromatic rings. The van der Waals surface area contributed by atoms with Crippen LogP contribution in [-0.2, 0) is 0 Å². The third kappa shape index (κ3) is 4.24. The monoisotopic (exact) mass is 300 g/mol. The van der Waals surface area contributed by atoms with Crippen LogP contribution in [0.3, 0.4) is 0 Å². The van der Waals surface area contributed by atoms with Crippen molar-refractivity contribution in [1.29, 1.82) is 5.26 Å². The van der Waals surface area contributed by atoms with Gasteiger partial charge in [0.1, 0.15) is 35.7 Å². The van der Waals surface area contributed by atoms with Crippen molar-refractivity contribution in [3.8, 4) is 23.3 Å². The van der Waals surface area contributed by atoms with Crippen LogP contribution in [0, 0.1) is 11.3 Å². The van der Waals surface area contributed by atoms with Gasteiger partial charge in [0.05, 0.1) is 33.2 Å². The summed E-state index contributed by atoms with van der Waals surface area (Å²) in [5, 5.41) is 11.7. The molecule has 7 heteroatoms. The molecule has 1 heterocycles. The van der Waals surface area contributed by atoms with E-state index in [1.807, 2.05) is 6.07 Å². The zero-order chi connectivity index (χ0) is 15.8. The maximum atomic E-state index is 8.64. The molecule has 0 bridgehead atoms. The first kappa shape index (κ1) is 15.4. The van der Waals surface area contributed by atoms with E-state index >= 15 is 0 Å². The third-order valence-corrected chi connectivity index (χ3v) is 2.77. The predicted octanol–water partition coefficient (Wildman–Crippen LogP) is 1.86. The van der Waals surface area contributed by atoms with E-state index in [4.69, 9.17) is 19.5 Å². The highest BCUT2D eigenvalue weighted by molar-refractivity contribution is 5.42. The van der Waals surface area contributed by atoms with E-state index < -0.39 is 0 Å². The molecule has 1 aromatic carbocycles. The van der Waals surface area contributed by atoms with Crippen LogP contribution in [0.4, 0.5) is 5.82 Å². The molecule has 114 valence electrons. The van der Waals surface area contributed by atoms with Crippen molar-refractivity contribution in [2.45, 2.75) is 0 Å². The number of rotatable bonds is 7. The molecule has 2 rings (SSSR count). The van der Waals surface area contributed by atoms with Gasteiger partial charge in [0.15, 0.2) is 5.69 Å². The smallest absolute Gasteiger partial charge is 0.158 e. The third-order valence-electron chi connectivity index (χ3n) is 2.77. The molecule has 0 aliphatic heterocycles. The van der Waals surface area contributed by atoms with E-state index in [0.29, 0.717) is 36.2 Å². The highest BCUT2D eigenvalue weighted by Crippen LogP contribution is 2.27. The largest absolute Gasteiger partial charge is 0.496 e. The number of aromatic nitrogens is 2. The van der Waals surface area contributed by atoms with Gasteiger partial charge in [-0.1, -0.05) is 0 Å². The SMILES string of the molecule is COc1cc(OC)cc(OCCNc2cnc(C#N)cn2)c1. The van der Waals surface area contributed by atoms with E-state index in [9.17, 15) is 0 Å². The molecule has 0 saturated carbocycles. The standard InChI is InChI=1S/C15H16N4O3/c1-20-12-5-13(21-2)7-14(6-12)22-4-3-17-15-10-18-11(8-16)9-19-15/h5-7,9-10H,3-4H2,1-2H3,(H,17,19). The van der Waals surface area contributed by atoms with Crippen molar-refractivity contribution in [2.75, 3.05) is 32.7 Å².